The molecular formula is C16H25NO2. The molecule has 0 radical (unpaired) electrons. The first-order valence-electron chi connectivity index (χ1n) is 7.24. The molecule has 0 aliphatic heterocycles. The number of benzene rings is 1. The molecule has 0 N–H and O–H groups in total. The lowest BCUT2D eigenvalue weighted by molar-refractivity contribution is -0.149. The Labute approximate surface area is 116 Å². The number of para-hydroxylation sites is 1. The SMILES string of the molecule is CCCC(=O)OC(CC)N(CCC)c1ccccc1. The number of carbonyl (C=O) groups excluding carboxylic acids is 1. The van der Waals surface area contributed by atoms with E-state index in [2.05, 4.69) is 30.9 Å². The number of nitrogens with zero attached hydrogens (tertiary/aromatic N) is 1. The van der Waals surface area contributed by atoms with Gasteiger partial charge in [-0.2, -0.15) is 0 Å². The first-order chi connectivity index (χ1) is 9.22. The van der Waals surface area contributed by atoms with Crippen LogP contribution in [0.5, 0.6) is 0 Å². The molecule has 1 aromatic rings. The highest BCUT2D eigenvalue weighted by Crippen LogP contribution is 2.20. The zero-order valence-electron chi connectivity index (χ0n) is 12.3. The topological polar surface area (TPSA) is 29.5 Å². The second kappa shape index (κ2) is 8.57. The van der Waals surface area contributed by atoms with E-state index in [9.17, 15) is 4.79 Å². The molecule has 0 bridgehead atoms. The van der Waals surface area contributed by atoms with Gasteiger partial charge in [-0.25, -0.2) is 0 Å². The van der Waals surface area contributed by atoms with Crippen LogP contribution in [0.2, 0.25) is 0 Å². The van der Waals surface area contributed by atoms with Crippen molar-refractivity contribution in [3.63, 3.8) is 0 Å². The summed E-state index contributed by atoms with van der Waals surface area (Å²) in [4.78, 5) is 13.9. The van der Waals surface area contributed by atoms with E-state index in [0.29, 0.717) is 6.42 Å². The molecule has 0 fully saturated rings. The van der Waals surface area contributed by atoms with Crippen molar-refractivity contribution in [2.24, 2.45) is 0 Å². The van der Waals surface area contributed by atoms with E-state index in [1.54, 1.807) is 0 Å². The van der Waals surface area contributed by atoms with Crippen molar-refractivity contribution in [3.8, 4) is 0 Å². The smallest absolute Gasteiger partial charge is 0.307 e. The number of esters is 1. The van der Waals surface area contributed by atoms with E-state index in [4.69, 9.17) is 4.74 Å². The quantitative estimate of drug-likeness (QED) is 0.525. The van der Waals surface area contributed by atoms with Gasteiger partial charge in [0.25, 0.3) is 0 Å². The average molecular weight is 263 g/mol. The van der Waals surface area contributed by atoms with E-state index in [0.717, 1.165) is 31.5 Å². The summed E-state index contributed by atoms with van der Waals surface area (Å²) in [5.74, 6) is -0.105. The molecule has 0 aliphatic carbocycles. The summed E-state index contributed by atoms with van der Waals surface area (Å²) in [5, 5.41) is 0. The highest BCUT2D eigenvalue weighted by Gasteiger charge is 2.20. The molecule has 1 rings (SSSR count). The number of rotatable bonds is 8. The molecule has 0 aromatic heterocycles. The minimum Gasteiger partial charge on any atom is -0.442 e. The molecule has 1 aromatic carbocycles. The third kappa shape index (κ3) is 4.93. The van der Waals surface area contributed by atoms with Crippen molar-refractivity contribution in [3.05, 3.63) is 30.3 Å². The third-order valence-corrected chi connectivity index (χ3v) is 2.97. The molecule has 19 heavy (non-hydrogen) atoms. The number of hydrogen-bond acceptors (Lipinski definition) is 3. The van der Waals surface area contributed by atoms with E-state index in [1.165, 1.54) is 0 Å². The van der Waals surface area contributed by atoms with Crippen molar-refractivity contribution < 1.29 is 9.53 Å². The zero-order chi connectivity index (χ0) is 14.1. The van der Waals surface area contributed by atoms with Gasteiger partial charge >= 0.3 is 5.97 Å². The lowest BCUT2D eigenvalue weighted by Gasteiger charge is -2.32. The fourth-order valence-electron chi connectivity index (χ4n) is 2.08. The minimum absolute atomic E-state index is 0.105. The van der Waals surface area contributed by atoms with Crippen molar-refractivity contribution in [2.75, 3.05) is 11.4 Å². The normalized spacial score (nSPS) is 11.9. The van der Waals surface area contributed by atoms with Crippen molar-refractivity contribution in [1.82, 2.24) is 0 Å². The third-order valence-electron chi connectivity index (χ3n) is 2.97. The molecule has 3 heteroatoms. The lowest BCUT2D eigenvalue weighted by atomic mass is 10.2. The van der Waals surface area contributed by atoms with Gasteiger partial charge in [0.2, 0.25) is 0 Å². The standard InChI is InChI=1S/C16H25NO2/c1-4-10-16(18)19-15(6-3)17(13-5-2)14-11-8-7-9-12-14/h7-9,11-12,15H,4-6,10,13H2,1-3H3. The predicted molar refractivity (Wildman–Crippen MR) is 79.2 cm³/mol. The molecule has 0 amide bonds. The second-order valence-electron chi connectivity index (χ2n) is 4.63. The number of carbonyl (C=O) groups is 1. The van der Waals surface area contributed by atoms with Gasteiger partial charge in [0.1, 0.15) is 0 Å². The zero-order valence-corrected chi connectivity index (χ0v) is 12.3. The first-order valence-corrected chi connectivity index (χ1v) is 7.24. The Kier molecular flexibility index (Phi) is 7.01. The fourth-order valence-corrected chi connectivity index (χ4v) is 2.08. The molecule has 0 saturated heterocycles. The first kappa shape index (κ1) is 15.5. The Morgan fingerprint density at radius 3 is 2.37 bits per heavy atom. The van der Waals surface area contributed by atoms with E-state index >= 15 is 0 Å². The second-order valence-corrected chi connectivity index (χ2v) is 4.63. The van der Waals surface area contributed by atoms with Crippen LogP contribution in [0.3, 0.4) is 0 Å². The average Bonchev–Trinajstić information content (AvgIpc) is 2.44. The summed E-state index contributed by atoms with van der Waals surface area (Å²) < 4.78 is 5.60. The summed E-state index contributed by atoms with van der Waals surface area (Å²) >= 11 is 0. The lowest BCUT2D eigenvalue weighted by Crippen LogP contribution is -2.39. The van der Waals surface area contributed by atoms with Crippen molar-refractivity contribution in [2.45, 2.75) is 52.7 Å². The fraction of sp³-hybridized carbons (Fsp3) is 0.562. The molecule has 1 unspecified atom stereocenters. The number of ether oxygens (including phenoxy) is 1. The van der Waals surface area contributed by atoms with E-state index < -0.39 is 0 Å². The Balaban J connectivity index is 2.80. The van der Waals surface area contributed by atoms with Crippen LogP contribution in [0, 0.1) is 0 Å². The van der Waals surface area contributed by atoms with Crippen LogP contribution in [-0.2, 0) is 9.53 Å². The maximum Gasteiger partial charge on any atom is 0.307 e. The largest absolute Gasteiger partial charge is 0.442 e. The van der Waals surface area contributed by atoms with Crippen LogP contribution in [0.1, 0.15) is 46.5 Å². The van der Waals surface area contributed by atoms with Crippen LogP contribution in [0.25, 0.3) is 0 Å². The molecule has 0 saturated carbocycles. The van der Waals surface area contributed by atoms with Crippen molar-refractivity contribution >= 4 is 11.7 Å². The Hall–Kier alpha value is -1.51. The van der Waals surface area contributed by atoms with Gasteiger partial charge in [-0.05, 0) is 25.0 Å². The Morgan fingerprint density at radius 1 is 1.16 bits per heavy atom. The van der Waals surface area contributed by atoms with Gasteiger partial charge in [0.05, 0.1) is 0 Å². The van der Waals surface area contributed by atoms with Crippen LogP contribution in [0.15, 0.2) is 30.3 Å². The molecular weight excluding hydrogens is 238 g/mol. The van der Waals surface area contributed by atoms with Crippen molar-refractivity contribution in [1.29, 1.82) is 0 Å². The molecule has 1 atom stereocenters. The number of anilines is 1. The predicted octanol–water partition coefficient (Wildman–Crippen LogP) is 3.98. The van der Waals surface area contributed by atoms with Crippen LogP contribution < -0.4 is 4.90 Å². The van der Waals surface area contributed by atoms with E-state index in [1.807, 2.05) is 25.1 Å². The highest BCUT2D eigenvalue weighted by molar-refractivity contribution is 5.69. The van der Waals surface area contributed by atoms with Crippen LogP contribution in [0.4, 0.5) is 5.69 Å². The maximum absolute atomic E-state index is 11.7. The van der Waals surface area contributed by atoms with Crippen LogP contribution >= 0.6 is 0 Å². The molecule has 3 nitrogen and oxygen atoms in total. The number of hydrogen-bond donors (Lipinski definition) is 0. The summed E-state index contributed by atoms with van der Waals surface area (Å²) in [6.07, 6.45) is 2.97. The van der Waals surface area contributed by atoms with Crippen LogP contribution in [-0.4, -0.2) is 18.7 Å². The summed E-state index contributed by atoms with van der Waals surface area (Å²) in [7, 11) is 0. The van der Waals surface area contributed by atoms with Gasteiger partial charge in [0, 0.05) is 25.1 Å². The molecule has 0 spiro atoms. The van der Waals surface area contributed by atoms with Gasteiger partial charge in [-0.1, -0.05) is 39.0 Å². The van der Waals surface area contributed by atoms with Gasteiger partial charge in [-0.15, -0.1) is 0 Å². The molecule has 0 aliphatic rings. The summed E-state index contributed by atoms with van der Waals surface area (Å²) in [6, 6.07) is 10.1. The maximum atomic E-state index is 11.7. The van der Waals surface area contributed by atoms with Gasteiger partial charge in [0.15, 0.2) is 6.23 Å². The summed E-state index contributed by atoms with van der Waals surface area (Å²) in [5.41, 5.74) is 1.11. The van der Waals surface area contributed by atoms with Gasteiger partial charge < -0.3 is 9.64 Å². The Morgan fingerprint density at radius 2 is 1.84 bits per heavy atom. The monoisotopic (exact) mass is 263 g/mol. The van der Waals surface area contributed by atoms with E-state index in [-0.39, 0.29) is 12.2 Å². The van der Waals surface area contributed by atoms with Gasteiger partial charge in [-0.3, -0.25) is 4.79 Å². The molecule has 0 heterocycles. The molecule has 106 valence electrons. The minimum atomic E-state index is -0.165. The Bertz CT molecular complexity index is 364. The summed E-state index contributed by atoms with van der Waals surface area (Å²) in [6.45, 7) is 7.07. The highest BCUT2D eigenvalue weighted by atomic mass is 16.6.